The zero-order valence-corrected chi connectivity index (χ0v) is 11.0. The number of rotatable bonds is 2. The highest BCUT2D eigenvalue weighted by molar-refractivity contribution is 6.43. The van der Waals surface area contributed by atoms with Crippen molar-refractivity contribution in [3.05, 3.63) is 27.7 Å². The highest BCUT2D eigenvalue weighted by atomic mass is 35.5. The van der Waals surface area contributed by atoms with Gasteiger partial charge in [-0.05, 0) is 38.3 Å². The smallest absolute Gasteiger partial charge is 0.251 e. The molecular weight excluding hydrogens is 259 g/mol. The van der Waals surface area contributed by atoms with Crippen molar-refractivity contribution in [3.8, 4) is 0 Å². The van der Waals surface area contributed by atoms with E-state index in [-0.39, 0.29) is 16.5 Å². The molecule has 92 valence electrons. The van der Waals surface area contributed by atoms with E-state index < -0.39 is 0 Å². The van der Waals surface area contributed by atoms with Crippen molar-refractivity contribution >= 4 is 34.8 Å². The lowest BCUT2D eigenvalue weighted by molar-refractivity contribution is 0.0850. The predicted molar refractivity (Wildman–Crippen MR) is 70.6 cm³/mol. The van der Waals surface area contributed by atoms with Crippen LogP contribution in [0.25, 0.3) is 0 Å². The molecule has 17 heavy (non-hydrogen) atoms. The Morgan fingerprint density at radius 3 is 2.53 bits per heavy atom. The van der Waals surface area contributed by atoms with Crippen molar-refractivity contribution < 1.29 is 4.79 Å². The Morgan fingerprint density at radius 1 is 1.41 bits per heavy atom. The highest BCUT2D eigenvalue weighted by Gasteiger charge is 2.33. The van der Waals surface area contributed by atoms with Gasteiger partial charge >= 0.3 is 0 Å². The fraction of sp³-hybridized carbons (Fsp3) is 0.417. The van der Waals surface area contributed by atoms with Gasteiger partial charge in [-0.1, -0.05) is 23.2 Å². The lowest BCUT2D eigenvalue weighted by Gasteiger charge is -2.39. The predicted octanol–water partition coefficient (Wildman–Crippen LogP) is 3.25. The highest BCUT2D eigenvalue weighted by Crippen LogP contribution is 2.32. The number of halogens is 2. The number of nitrogen functional groups attached to an aromatic ring is 1. The molecule has 3 N–H and O–H groups in total. The minimum absolute atomic E-state index is 0.0854. The van der Waals surface area contributed by atoms with Gasteiger partial charge in [0.15, 0.2) is 0 Å². The van der Waals surface area contributed by atoms with Gasteiger partial charge in [0.05, 0.1) is 15.7 Å². The molecule has 2 rings (SSSR count). The molecule has 1 fully saturated rings. The lowest BCUT2D eigenvalue weighted by atomic mass is 9.78. The molecule has 1 aliphatic carbocycles. The fourth-order valence-corrected chi connectivity index (χ4v) is 2.26. The maximum absolute atomic E-state index is 12.0. The second kappa shape index (κ2) is 4.39. The minimum atomic E-state index is -0.155. The Hall–Kier alpha value is -0.930. The van der Waals surface area contributed by atoms with E-state index in [2.05, 4.69) is 5.32 Å². The van der Waals surface area contributed by atoms with Crippen molar-refractivity contribution in [1.29, 1.82) is 0 Å². The monoisotopic (exact) mass is 272 g/mol. The standard InChI is InChI=1S/C12H14Cl2N2O/c1-12(3-2-4-12)16-11(17)7-5-8(13)10(14)9(15)6-7/h5-6H,2-4,15H2,1H3,(H,16,17). The van der Waals surface area contributed by atoms with Crippen LogP contribution in [-0.2, 0) is 0 Å². The molecule has 1 aromatic carbocycles. The van der Waals surface area contributed by atoms with Crippen LogP contribution in [0.5, 0.6) is 0 Å². The molecule has 0 unspecified atom stereocenters. The second-order valence-electron chi connectivity index (χ2n) is 4.73. The fourth-order valence-electron chi connectivity index (χ4n) is 1.92. The van der Waals surface area contributed by atoms with Crippen LogP contribution < -0.4 is 11.1 Å². The minimum Gasteiger partial charge on any atom is -0.397 e. The third-order valence-corrected chi connectivity index (χ3v) is 4.01. The van der Waals surface area contributed by atoms with Crippen molar-refractivity contribution in [3.63, 3.8) is 0 Å². The van der Waals surface area contributed by atoms with Crippen LogP contribution in [0.4, 0.5) is 5.69 Å². The lowest BCUT2D eigenvalue weighted by Crippen LogP contribution is -2.50. The van der Waals surface area contributed by atoms with Crippen molar-refractivity contribution in [2.24, 2.45) is 0 Å². The largest absolute Gasteiger partial charge is 0.397 e. The maximum Gasteiger partial charge on any atom is 0.251 e. The number of benzene rings is 1. The molecule has 0 spiro atoms. The number of hydrogen-bond acceptors (Lipinski definition) is 2. The molecule has 1 saturated carbocycles. The number of carbonyl (C=O) groups excluding carboxylic acids is 1. The SMILES string of the molecule is CC1(NC(=O)c2cc(N)c(Cl)c(Cl)c2)CCC1. The van der Waals surface area contributed by atoms with E-state index in [4.69, 9.17) is 28.9 Å². The number of carbonyl (C=O) groups is 1. The summed E-state index contributed by atoms with van der Waals surface area (Å²) in [4.78, 5) is 12.0. The molecule has 0 aromatic heterocycles. The van der Waals surface area contributed by atoms with E-state index in [1.54, 1.807) is 6.07 Å². The number of anilines is 1. The summed E-state index contributed by atoms with van der Waals surface area (Å²) in [5.74, 6) is -0.155. The van der Waals surface area contributed by atoms with Crippen LogP contribution in [0, 0.1) is 0 Å². The molecule has 5 heteroatoms. The third-order valence-electron chi connectivity index (χ3n) is 3.19. The molecule has 0 bridgehead atoms. The van der Waals surface area contributed by atoms with Gasteiger partial charge in [0.2, 0.25) is 0 Å². The Balaban J connectivity index is 2.19. The van der Waals surface area contributed by atoms with Gasteiger partial charge in [0, 0.05) is 11.1 Å². The summed E-state index contributed by atoms with van der Waals surface area (Å²) in [6.07, 6.45) is 3.17. The summed E-state index contributed by atoms with van der Waals surface area (Å²) < 4.78 is 0. The van der Waals surface area contributed by atoms with E-state index in [1.165, 1.54) is 6.07 Å². The average Bonchev–Trinajstić information content (AvgIpc) is 2.22. The average molecular weight is 273 g/mol. The second-order valence-corrected chi connectivity index (χ2v) is 5.51. The quantitative estimate of drug-likeness (QED) is 0.813. The van der Waals surface area contributed by atoms with Crippen LogP contribution in [0.1, 0.15) is 36.5 Å². The number of nitrogens with two attached hydrogens (primary N) is 1. The van der Waals surface area contributed by atoms with Crippen LogP contribution in [0.15, 0.2) is 12.1 Å². The van der Waals surface area contributed by atoms with Crippen LogP contribution in [-0.4, -0.2) is 11.4 Å². The first-order chi connectivity index (χ1) is 7.91. The summed E-state index contributed by atoms with van der Waals surface area (Å²) in [5.41, 5.74) is 6.36. The summed E-state index contributed by atoms with van der Waals surface area (Å²) >= 11 is 11.7. The van der Waals surface area contributed by atoms with Crippen LogP contribution in [0.2, 0.25) is 10.0 Å². The van der Waals surface area contributed by atoms with E-state index in [1.807, 2.05) is 6.92 Å². The number of hydrogen-bond donors (Lipinski definition) is 2. The normalized spacial score (nSPS) is 17.4. The molecule has 1 aliphatic rings. The Labute approximate surface area is 110 Å². The Kier molecular flexibility index (Phi) is 3.23. The van der Waals surface area contributed by atoms with Gasteiger partial charge in [-0.25, -0.2) is 0 Å². The van der Waals surface area contributed by atoms with E-state index >= 15 is 0 Å². The molecule has 1 aromatic rings. The summed E-state index contributed by atoms with van der Waals surface area (Å²) in [6.45, 7) is 2.04. The Bertz CT molecular complexity index is 447. The molecule has 0 radical (unpaired) electrons. The van der Waals surface area contributed by atoms with Crippen LogP contribution in [0.3, 0.4) is 0 Å². The van der Waals surface area contributed by atoms with Gasteiger partial charge in [-0.3, -0.25) is 4.79 Å². The van der Waals surface area contributed by atoms with Crippen LogP contribution >= 0.6 is 23.2 Å². The molecular formula is C12H14Cl2N2O. The molecule has 1 amide bonds. The summed E-state index contributed by atoms with van der Waals surface area (Å²) in [7, 11) is 0. The number of amides is 1. The maximum atomic E-state index is 12.0. The van der Waals surface area contributed by atoms with Crippen molar-refractivity contribution in [1.82, 2.24) is 5.32 Å². The van der Waals surface area contributed by atoms with Crippen molar-refractivity contribution in [2.45, 2.75) is 31.7 Å². The Morgan fingerprint density at radius 2 is 2.06 bits per heavy atom. The summed E-state index contributed by atoms with van der Waals surface area (Å²) in [6, 6.07) is 3.09. The van der Waals surface area contributed by atoms with Gasteiger partial charge in [-0.15, -0.1) is 0 Å². The first-order valence-electron chi connectivity index (χ1n) is 5.48. The topological polar surface area (TPSA) is 55.1 Å². The number of nitrogens with one attached hydrogen (secondary N) is 1. The molecule has 0 aliphatic heterocycles. The third kappa shape index (κ3) is 2.50. The zero-order chi connectivity index (χ0) is 12.6. The van der Waals surface area contributed by atoms with Gasteiger partial charge in [0.1, 0.15) is 0 Å². The van der Waals surface area contributed by atoms with E-state index in [9.17, 15) is 4.79 Å². The first-order valence-corrected chi connectivity index (χ1v) is 6.24. The van der Waals surface area contributed by atoms with Gasteiger partial charge in [-0.2, -0.15) is 0 Å². The zero-order valence-electron chi connectivity index (χ0n) is 9.52. The van der Waals surface area contributed by atoms with Gasteiger partial charge < -0.3 is 11.1 Å². The molecule has 0 saturated heterocycles. The molecule has 0 heterocycles. The molecule has 0 atom stereocenters. The first kappa shape index (κ1) is 12.5. The van der Waals surface area contributed by atoms with Crippen molar-refractivity contribution in [2.75, 3.05) is 5.73 Å². The van der Waals surface area contributed by atoms with Gasteiger partial charge in [0.25, 0.3) is 5.91 Å². The van der Waals surface area contributed by atoms with E-state index in [0.29, 0.717) is 16.3 Å². The molecule has 3 nitrogen and oxygen atoms in total. The summed E-state index contributed by atoms with van der Waals surface area (Å²) in [5, 5.41) is 3.58. The van der Waals surface area contributed by atoms with E-state index in [0.717, 1.165) is 19.3 Å².